The van der Waals surface area contributed by atoms with Gasteiger partial charge in [0.1, 0.15) is 11.5 Å². The predicted octanol–water partition coefficient (Wildman–Crippen LogP) is 3.95. The number of piperidine rings is 1. The molecule has 1 fully saturated rings. The van der Waals surface area contributed by atoms with Crippen molar-refractivity contribution in [1.82, 2.24) is 5.32 Å². The Morgan fingerprint density at radius 1 is 1.00 bits per heavy atom. The van der Waals surface area contributed by atoms with Gasteiger partial charge in [-0.1, -0.05) is 0 Å². The maximum atomic E-state index is 14.4. The zero-order chi connectivity index (χ0) is 19.6. The topological polar surface area (TPSA) is 70.2 Å². The molecule has 0 spiro atoms. The van der Waals surface area contributed by atoms with Gasteiger partial charge in [0, 0.05) is 3.57 Å². The molecule has 3 N–H and O–H groups in total. The number of halogens is 4. The lowest BCUT2D eigenvalue weighted by Gasteiger charge is -2.24. The Morgan fingerprint density at radius 3 is 2.33 bits per heavy atom. The first-order valence-electron chi connectivity index (χ1n) is 8.20. The van der Waals surface area contributed by atoms with Crippen molar-refractivity contribution < 1.29 is 21.6 Å². The molecule has 0 atom stereocenters. The van der Waals surface area contributed by atoms with Gasteiger partial charge in [0.2, 0.25) is 10.0 Å². The van der Waals surface area contributed by atoms with Crippen LogP contribution in [0.3, 0.4) is 0 Å². The van der Waals surface area contributed by atoms with Gasteiger partial charge in [-0.3, -0.25) is 4.72 Å². The highest BCUT2D eigenvalue weighted by Gasteiger charge is 2.28. The SMILES string of the molecule is O=S(=O)(Nc1ccc(F)c(F)c1Nc1ccc(I)cc1F)C1CCNCC1. The molecule has 1 heterocycles. The number of anilines is 3. The largest absolute Gasteiger partial charge is 0.349 e. The van der Waals surface area contributed by atoms with Crippen LogP contribution in [-0.4, -0.2) is 26.8 Å². The minimum atomic E-state index is -3.81. The van der Waals surface area contributed by atoms with E-state index in [9.17, 15) is 21.6 Å². The molecule has 0 unspecified atom stereocenters. The lowest BCUT2D eigenvalue weighted by molar-refractivity contribution is 0.498. The number of hydrogen-bond donors (Lipinski definition) is 3. The minimum Gasteiger partial charge on any atom is -0.349 e. The van der Waals surface area contributed by atoms with Gasteiger partial charge >= 0.3 is 0 Å². The predicted molar refractivity (Wildman–Crippen MR) is 107 cm³/mol. The van der Waals surface area contributed by atoms with Crippen molar-refractivity contribution in [1.29, 1.82) is 0 Å². The summed E-state index contributed by atoms with van der Waals surface area (Å²) in [6.45, 7) is 1.12. The summed E-state index contributed by atoms with van der Waals surface area (Å²) in [5, 5.41) is 4.89. The second-order valence-electron chi connectivity index (χ2n) is 6.13. The van der Waals surface area contributed by atoms with Crippen molar-refractivity contribution in [2.75, 3.05) is 23.1 Å². The highest BCUT2D eigenvalue weighted by atomic mass is 127. The third-order valence-corrected chi connectivity index (χ3v) is 6.79. The average Bonchev–Trinajstić information content (AvgIpc) is 2.63. The van der Waals surface area contributed by atoms with Crippen molar-refractivity contribution in [3.63, 3.8) is 0 Å². The Bertz CT molecular complexity index is 951. The summed E-state index contributed by atoms with van der Waals surface area (Å²) in [5.41, 5.74) is -0.736. The van der Waals surface area contributed by atoms with Gasteiger partial charge in [0.25, 0.3) is 0 Å². The molecule has 27 heavy (non-hydrogen) atoms. The molecule has 3 rings (SSSR count). The summed E-state index contributed by atoms with van der Waals surface area (Å²) in [7, 11) is -3.81. The molecule has 1 aliphatic rings. The van der Waals surface area contributed by atoms with E-state index in [-0.39, 0.29) is 11.4 Å². The number of hydrogen-bond acceptors (Lipinski definition) is 4. The van der Waals surface area contributed by atoms with Crippen LogP contribution in [0.4, 0.5) is 30.2 Å². The van der Waals surface area contributed by atoms with Crippen molar-refractivity contribution in [3.05, 3.63) is 51.4 Å². The van der Waals surface area contributed by atoms with Crippen LogP contribution in [0, 0.1) is 21.0 Å². The van der Waals surface area contributed by atoms with Gasteiger partial charge in [-0.15, -0.1) is 0 Å². The zero-order valence-electron chi connectivity index (χ0n) is 14.0. The molecule has 2 aromatic rings. The Morgan fingerprint density at radius 2 is 1.67 bits per heavy atom. The second-order valence-corrected chi connectivity index (χ2v) is 9.34. The van der Waals surface area contributed by atoms with Crippen LogP contribution >= 0.6 is 22.6 Å². The first-order chi connectivity index (χ1) is 12.8. The maximum absolute atomic E-state index is 14.4. The van der Waals surface area contributed by atoms with Gasteiger partial charge in [0.15, 0.2) is 11.6 Å². The fraction of sp³-hybridized carbons (Fsp3) is 0.294. The van der Waals surface area contributed by atoms with Crippen molar-refractivity contribution >= 4 is 49.7 Å². The number of rotatable bonds is 5. The third-order valence-electron chi connectivity index (χ3n) is 4.26. The van der Waals surface area contributed by atoms with E-state index in [1.54, 1.807) is 6.07 Å². The average molecular weight is 511 g/mol. The van der Waals surface area contributed by atoms with Gasteiger partial charge in [0.05, 0.1) is 16.6 Å². The van der Waals surface area contributed by atoms with Gasteiger partial charge in [-0.2, -0.15) is 0 Å². The standard InChI is InChI=1S/C17H17F3IN3O2S/c18-12-2-4-15(24-27(25,26)11-5-7-22-8-6-11)17(16(12)20)23-14-3-1-10(21)9-13(14)19/h1-4,9,11,22-24H,5-8H2. The van der Waals surface area contributed by atoms with Gasteiger partial charge in [-0.25, -0.2) is 21.6 Å². The fourth-order valence-electron chi connectivity index (χ4n) is 2.83. The molecule has 0 aromatic heterocycles. The van der Waals surface area contributed by atoms with E-state index < -0.39 is 38.4 Å². The lowest BCUT2D eigenvalue weighted by atomic mass is 10.2. The van der Waals surface area contributed by atoms with E-state index in [1.165, 1.54) is 12.1 Å². The van der Waals surface area contributed by atoms with Crippen molar-refractivity contribution in [2.24, 2.45) is 0 Å². The lowest BCUT2D eigenvalue weighted by Crippen LogP contribution is -2.38. The summed E-state index contributed by atoms with van der Waals surface area (Å²) in [6.07, 6.45) is 0.820. The van der Waals surface area contributed by atoms with Crippen LogP contribution in [0.2, 0.25) is 0 Å². The molecule has 1 aliphatic heterocycles. The first-order valence-corrected chi connectivity index (χ1v) is 10.8. The minimum absolute atomic E-state index is 0.0952. The van der Waals surface area contributed by atoms with E-state index >= 15 is 0 Å². The first kappa shape index (κ1) is 20.2. The zero-order valence-corrected chi connectivity index (χ0v) is 17.0. The maximum Gasteiger partial charge on any atom is 0.235 e. The highest BCUT2D eigenvalue weighted by Crippen LogP contribution is 2.33. The quantitative estimate of drug-likeness (QED) is 0.532. The second kappa shape index (κ2) is 8.23. The molecule has 5 nitrogen and oxygen atoms in total. The number of benzene rings is 2. The van der Waals surface area contributed by atoms with Crippen molar-refractivity contribution in [2.45, 2.75) is 18.1 Å². The highest BCUT2D eigenvalue weighted by molar-refractivity contribution is 14.1. The van der Waals surface area contributed by atoms with Crippen LogP contribution in [0.5, 0.6) is 0 Å². The fourth-order valence-corrected chi connectivity index (χ4v) is 4.78. The van der Waals surface area contributed by atoms with E-state index in [0.29, 0.717) is 29.5 Å². The van der Waals surface area contributed by atoms with Gasteiger partial charge in [-0.05, 0) is 78.9 Å². The smallest absolute Gasteiger partial charge is 0.235 e. The van der Waals surface area contributed by atoms with Crippen LogP contribution in [0.1, 0.15) is 12.8 Å². The van der Waals surface area contributed by atoms with Crippen molar-refractivity contribution in [3.8, 4) is 0 Å². The normalized spacial score (nSPS) is 15.6. The Kier molecular flexibility index (Phi) is 6.16. The van der Waals surface area contributed by atoms with E-state index in [2.05, 4.69) is 15.4 Å². The van der Waals surface area contributed by atoms with Crippen LogP contribution in [-0.2, 0) is 10.0 Å². The third kappa shape index (κ3) is 4.66. The molecule has 146 valence electrons. The van der Waals surface area contributed by atoms with Crippen LogP contribution in [0.15, 0.2) is 30.3 Å². The van der Waals surface area contributed by atoms with E-state index in [4.69, 9.17) is 0 Å². The van der Waals surface area contributed by atoms with E-state index in [0.717, 1.165) is 12.1 Å². The summed E-state index contributed by atoms with van der Waals surface area (Å²) in [5.74, 6) is -3.13. The molecule has 1 saturated heterocycles. The number of nitrogens with one attached hydrogen (secondary N) is 3. The molecule has 0 bridgehead atoms. The molecule has 0 saturated carbocycles. The molecule has 2 aromatic carbocycles. The van der Waals surface area contributed by atoms with Crippen LogP contribution in [0.25, 0.3) is 0 Å². The van der Waals surface area contributed by atoms with E-state index in [1.807, 2.05) is 22.6 Å². The van der Waals surface area contributed by atoms with Gasteiger partial charge < -0.3 is 10.6 Å². The summed E-state index contributed by atoms with van der Waals surface area (Å²) in [4.78, 5) is 0. The molecule has 0 amide bonds. The van der Waals surface area contributed by atoms with Crippen LogP contribution < -0.4 is 15.4 Å². The monoisotopic (exact) mass is 511 g/mol. The Labute approximate surface area is 168 Å². The molecule has 0 radical (unpaired) electrons. The Hall–Kier alpha value is -1.53. The summed E-state index contributed by atoms with van der Waals surface area (Å²) in [6, 6.07) is 6.11. The summed E-state index contributed by atoms with van der Waals surface area (Å²) < 4.78 is 70.4. The molecule has 10 heteroatoms. The molecular weight excluding hydrogens is 494 g/mol. The number of sulfonamides is 1. The summed E-state index contributed by atoms with van der Waals surface area (Å²) >= 11 is 1.92. The molecule has 0 aliphatic carbocycles. The Balaban J connectivity index is 1.95. The molecular formula is C17H17F3IN3O2S.